The fourth-order valence-corrected chi connectivity index (χ4v) is 8.34. The number of amides is 8. The number of carboxylic acid groups (broad SMARTS) is 1. The summed E-state index contributed by atoms with van der Waals surface area (Å²) in [7, 11) is 0. The molecule has 72 heavy (non-hydrogen) atoms. The van der Waals surface area contributed by atoms with Crippen molar-refractivity contribution in [3.05, 3.63) is 0 Å². The van der Waals surface area contributed by atoms with Crippen LogP contribution in [-0.4, -0.2) is 113 Å². The number of nitrogens with one attached hydrogen (secondary N) is 7. The van der Waals surface area contributed by atoms with Crippen molar-refractivity contribution in [2.75, 3.05) is 0 Å². The van der Waals surface area contributed by atoms with Crippen molar-refractivity contribution >= 4 is 59.2 Å². The van der Waals surface area contributed by atoms with E-state index in [4.69, 9.17) is 10.5 Å². The second-order valence-electron chi connectivity index (χ2n) is 21.8. The number of cyclic esters (lactones) is 1. The third-order valence-electron chi connectivity index (χ3n) is 12.7. The lowest BCUT2D eigenvalue weighted by atomic mass is 9.98. The summed E-state index contributed by atoms with van der Waals surface area (Å²) in [6, 6.07) is -9.50. The second-order valence-corrected chi connectivity index (χ2v) is 21.8. The Morgan fingerprint density at radius 1 is 0.542 bits per heavy atom. The Morgan fingerprint density at radius 3 is 1.40 bits per heavy atom. The summed E-state index contributed by atoms with van der Waals surface area (Å²) in [5.41, 5.74) is 5.48. The first-order chi connectivity index (χ1) is 33.6. The van der Waals surface area contributed by atoms with Gasteiger partial charge in [-0.25, -0.2) is 4.79 Å². The Kier molecular flexibility index (Phi) is 30.0. The van der Waals surface area contributed by atoms with Gasteiger partial charge in [0.15, 0.2) is 0 Å². The maximum absolute atomic E-state index is 14.1. The van der Waals surface area contributed by atoms with E-state index < -0.39 is 132 Å². The van der Waals surface area contributed by atoms with Gasteiger partial charge >= 0.3 is 11.9 Å². The van der Waals surface area contributed by atoms with Crippen LogP contribution in [0.2, 0.25) is 0 Å². The molecule has 10 N–H and O–H groups in total. The van der Waals surface area contributed by atoms with Gasteiger partial charge in [-0.05, 0) is 74.0 Å². The number of carbonyl (C=O) groups excluding carboxylic acids is 9. The summed E-state index contributed by atoms with van der Waals surface area (Å²) in [5.74, 6) is -9.83. The third-order valence-corrected chi connectivity index (χ3v) is 12.7. The second kappa shape index (κ2) is 33.4. The fourth-order valence-electron chi connectivity index (χ4n) is 8.34. The highest BCUT2D eigenvalue weighted by molar-refractivity contribution is 5.98. The molecule has 20 nitrogen and oxygen atoms in total. The molecule has 412 valence electrons. The van der Waals surface area contributed by atoms with Gasteiger partial charge in [0.2, 0.25) is 47.3 Å². The lowest BCUT2D eigenvalue weighted by Gasteiger charge is -2.29. The molecule has 1 rings (SSSR count). The van der Waals surface area contributed by atoms with E-state index in [0.717, 1.165) is 44.9 Å². The number of unbranched alkanes of at least 4 members (excludes halogenated alkanes) is 5. The van der Waals surface area contributed by atoms with Crippen LogP contribution in [0.15, 0.2) is 0 Å². The van der Waals surface area contributed by atoms with Crippen LogP contribution in [0.3, 0.4) is 0 Å². The molecule has 0 bridgehead atoms. The molecule has 9 atom stereocenters. The highest BCUT2D eigenvalue weighted by Gasteiger charge is 2.37. The van der Waals surface area contributed by atoms with Crippen LogP contribution in [0.25, 0.3) is 0 Å². The number of primary amides is 1. The topological polar surface area (TPSA) is 310 Å². The minimum Gasteiger partial charge on any atom is -0.481 e. The highest BCUT2D eigenvalue weighted by atomic mass is 16.5. The molecule has 8 amide bonds. The van der Waals surface area contributed by atoms with Crippen molar-refractivity contribution < 1.29 is 57.8 Å². The molecule has 0 aliphatic carbocycles. The lowest BCUT2D eigenvalue weighted by Crippen LogP contribution is -2.61. The molecular formula is C52H92N8O12. The molecule has 1 fully saturated rings. The number of rotatable bonds is 23. The zero-order valence-corrected chi connectivity index (χ0v) is 45.4. The maximum Gasteiger partial charge on any atom is 0.329 e. The molecule has 1 heterocycles. The fraction of sp³-hybridized carbons (Fsp3) is 0.808. The average molecular weight is 1020 g/mol. The van der Waals surface area contributed by atoms with Crippen molar-refractivity contribution in [1.29, 1.82) is 0 Å². The smallest absolute Gasteiger partial charge is 0.329 e. The predicted octanol–water partition coefficient (Wildman–Crippen LogP) is 4.05. The SMILES string of the molecule is CC[C@H](C)CCCCCCCC[C@@H]1CC(=O)N[C@@H](CCC(N)=O)C(=O)N[C@@H](CC(C)C)C(=O)N[C@H](CC(C)C)C(=O)N[C@@H](C(C)C)C(=O)N[C@@H](CC(=O)O)C(=O)N[C@@H](CC(C)C)C(=O)N[C@@H](C(C)C)C(=O)O1. The van der Waals surface area contributed by atoms with Gasteiger partial charge in [0.25, 0.3) is 0 Å². The summed E-state index contributed by atoms with van der Waals surface area (Å²) in [4.78, 5) is 137. The van der Waals surface area contributed by atoms with E-state index in [9.17, 15) is 53.1 Å². The van der Waals surface area contributed by atoms with Crippen molar-refractivity contribution in [2.24, 2.45) is 41.2 Å². The Bertz CT molecular complexity index is 1790. The molecule has 1 saturated heterocycles. The van der Waals surface area contributed by atoms with Gasteiger partial charge in [0, 0.05) is 6.42 Å². The first kappa shape index (κ1) is 64.7. The van der Waals surface area contributed by atoms with E-state index in [2.05, 4.69) is 51.1 Å². The number of nitrogens with two attached hydrogens (primary N) is 1. The predicted molar refractivity (Wildman–Crippen MR) is 273 cm³/mol. The van der Waals surface area contributed by atoms with Crippen LogP contribution in [-0.2, 0) is 52.7 Å². The Balaban J connectivity index is 3.93. The number of aliphatic carboxylic acids is 1. The summed E-state index contributed by atoms with van der Waals surface area (Å²) in [5, 5.41) is 28.3. The van der Waals surface area contributed by atoms with Crippen LogP contribution < -0.4 is 43.0 Å². The first-order valence-corrected chi connectivity index (χ1v) is 26.5. The molecular weight excluding hydrogens is 929 g/mol. The quantitative estimate of drug-likeness (QED) is 0.0517. The monoisotopic (exact) mass is 1020 g/mol. The molecule has 20 heteroatoms. The third kappa shape index (κ3) is 25.9. The number of esters is 1. The van der Waals surface area contributed by atoms with Crippen LogP contribution >= 0.6 is 0 Å². The van der Waals surface area contributed by atoms with E-state index in [0.29, 0.717) is 12.3 Å². The summed E-state index contributed by atoms with van der Waals surface area (Å²) in [6.45, 7) is 21.8. The van der Waals surface area contributed by atoms with Crippen LogP contribution in [0.4, 0.5) is 0 Å². The molecule has 0 aromatic rings. The maximum atomic E-state index is 14.1. The van der Waals surface area contributed by atoms with Crippen LogP contribution in [0.5, 0.6) is 0 Å². The number of carboxylic acids is 1. The van der Waals surface area contributed by atoms with Crippen molar-refractivity contribution in [1.82, 2.24) is 37.2 Å². The number of hydrogen-bond donors (Lipinski definition) is 9. The molecule has 0 unspecified atom stereocenters. The van der Waals surface area contributed by atoms with Gasteiger partial charge in [0.05, 0.1) is 12.8 Å². The van der Waals surface area contributed by atoms with Crippen LogP contribution in [0.1, 0.15) is 186 Å². The normalized spacial score (nSPS) is 24.6. The molecule has 0 radical (unpaired) electrons. The van der Waals surface area contributed by atoms with E-state index in [1.54, 1.807) is 41.5 Å². The van der Waals surface area contributed by atoms with Crippen molar-refractivity contribution in [2.45, 2.75) is 234 Å². The zero-order valence-electron chi connectivity index (χ0n) is 45.4. The largest absolute Gasteiger partial charge is 0.481 e. The summed E-state index contributed by atoms with van der Waals surface area (Å²) in [6.07, 6.45) is 5.41. The van der Waals surface area contributed by atoms with E-state index >= 15 is 0 Å². The highest BCUT2D eigenvalue weighted by Crippen LogP contribution is 2.19. The molecule has 0 saturated carbocycles. The van der Waals surface area contributed by atoms with Crippen LogP contribution in [0, 0.1) is 35.5 Å². The molecule has 0 spiro atoms. The molecule has 0 aromatic carbocycles. The zero-order chi connectivity index (χ0) is 54.8. The minimum absolute atomic E-state index is 0.0434. The molecule has 1 aliphatic heterocycles. The van der Waals surface area contributed by atoms with E-state index in [1.807, 2.05) is 27.7 Å². The van der Waals surface area contributed by atoms with Gasteiger partial charge in [0.1, 0.15) is 48.4 Å². The lowest BCUT2D eigenvalue weighted by molar-refractivity contribution is -0.156. The van der Waals surface area contributed by atoms with Crippen molar-refractivity contribution in [3.8, 4) is 0 Å². The minimum atomic E-state index is -1.72. The van der Waals surface area contributed by atoms with E-state index in [1.165, 1.54) is 0 Å². The number of hydrogen-bond acceptors (Lipinski definition) is 11. The van der Waals surface area contributed by atoms with Gasteiger partial charge in [-0.2, -0.15) is 0 Å². The number of ether oxygens (including phenoxy) is 1. The summed E-state index contributed by atoms with van der Waals surface area (Å²) >= 11 is 0. The Labute approximate surface area is 428 Å². The molecule has 0 aromatic heterocycles. The summed E-state index contributed by atoms with van der Waals surface area (Å²) < 4.78 is 6.02. The average Bonchev–Trinajstić information content (AvgIpc) is 3.26. The number of carbonyl (C=O) groups is 10. The standard InChI is InChI=1S/C52H92N8O12/c1-13-34(12)20-18-16-14-15-17-19-21-35-27-42(62)54-36(22-23-41(53)61)46(65)55-37(24-29(2)3)47(66)56-38(25-30(4)5)49(68)59-44(32(8)9)51(70)58-40(28-43(63)64)48(67)57-39(26-31(6)7)50(69)60-45(33(10)11)52(71)72-35/h29-40,44-45H,13-28H2,1-12H3,(H2,53,61)(H,54,62)(H,55,65)(H,56,66)(H,57,67)(H,58,70)(H,59,68)(H,60,69)(H,63,64)/t34-,35+,36-,37-,38+,39-,40-,44-,45-/m0/s1. The van der Waals surface area contributed by atoms with E-state index in [-0.39, 0.29) is 56.3 Å². The first-order valence-electron chi connectivity index (χ1n) is 26.5. The van der Waals surface area contributed by atoms with Gasteiger partial charge in [-0.15, -0.1) is 0 Å². The van der Waals surface area contributed by atoms with Gasteiger partial charge in [-0.3, -0.25) is 43.2 Å². The van der Waals surface area contributed by atoms with Crippen molar-refractivity contribution in [3.63, 3.8) is 0 Å². The molecule has 1 aliphatic rings. The van der Waals surface area contributed by atoms with Gasteiger partial charge in [-0.1, -0.05) is 128 Å². The van der Waals surface area contributed by atoms with Gasteiger partial charge < -0.3 is 52.8 Å². The Morgan fingerprint density at radius 2 is 0.958 bits per heavy atom. The Hall–Kier alpha value is -5.30.